The molecule has 0 saturated heterocycles. The van der Waals surface area contributed by atoms with Crippen molar-refractivity contribution in [2.45, 2.75) is 51.6 Å². The van der Waals surface area contributed by atoms with Crippen molar-refractivity contribution in [1.29, 1.82) is 0 Å². The van der Waals surface area contributed by atoms with Crippen molar-refractivity contribution >= 4 is 17.3 Å². The van der Waals surface area contributed by atoms with Crippen molar-refractivity contribution in [1.82, 2.24) is 5.32 Å². The monoisotopic (exact) mass is 280 g/mol. The highest BCUT2D eigenvalue weighted by atomic mass is 35.5. The molecule has 19 heavy (non-hydrogen) atoms. The summed E-state index contributed by atoms with van der Waals surface area (Å²) in [7, 11) is 2.19. The lowest BCUT2D eigenvalue weighted by molar-refractivity contribution is 0.652. The van der Waals surface area contributed by atoms with Gasteiger partial charge in [-0.15, -0.1) is 0 Å². The summed E-state index contributed by atoms with van der Waals surface area (Å²) < 4.78 is 0. The molecular formula is C16H25ClN2. The number of hydrogen-bond acceptors (Lipinski definition) is 2. The van der Waals surface area contributed by atoms with Gasteiger partial charge < -0.3 is 10.2 Å². The maximum absolute atomic E-state index is 6.39. The smallest absolute Gasteiger partial charge is 0.0471 e. The number of nitrogens with one attached hydrogen (secondary N) is 1. The fraction of sp³-hybridized carbons (Fsp3) is 0.625. The second-order valence-corrected chi connectivity index (χ2v) is 5.91. The molecule has 2 rings (SSSR count). The Morgan fingerprint density at radius 2 is 2.05 bits per heavy atom. The molecule has 0 aromatic heterocycles. The molecule has 1 saturated carbocycles. The highest BCUT2D eigenvalue weighted by Gasteiger charge is 2.20. The van der Waals surface area contributed by atoms with E-state index in [1.807, 2.05) is 0 Å². The van der Waals surface area contributed by atoms with Crippen LogP contribution in [0.15, 0.2) is 18.2 Å². The zero-order valence-corrected chi connectivity index (χ0v) is 12.8. The number of hydrogen-bond donors (Lipinski definition) is 1. The quantitative estimate of drug-likeness (QED) is 0.785. The van der Waals surface area contributed by atoms with Gasteiger partial charge in [-0.25, -0.2) is 0 Å². The van der Waals surface area contributed by atoms with E-state index in [2.05, 4.69) is 42.4 Å². The third-order valence-corrected chi connectivity index (χ3v) is 4.41. The van der Waals surface area contributed by atoms with Crippen molar-refractivity contribution in [2.75, 3.05) is 18.5 Å². The van der Waals surface area contributed by atoms with Crippen LogP contribution in [0.2, 0.25) is 5.02 Å². The fourth-order valence-corrected chi connectivity index (χ4v) is 3.04. The summed E-state index contributed by atoms with van der Waals surface area (Å²) in [5.74, 6) is 0. The van der Waals surface area contributed by atoms with Crippen LogP contribution in [0, 0.1) is 0 Å². The van der Waals surface area contributed by atoms with E-state index in [0.29, 0.717) is 6.04 Å². The SMILES string of the molecule is CCCNCc1ccc(N(C)C2CCCC2)cc1Cl. The maximum Gasteiger partial charge on any atom is 0.0471 e. The second-order valence-electron chi connectivity index (χ2n) is 5.50. The van der Waals surface area contributed by atoms with Crippen LogP contribution in [-0.4, -0.2) is 19.6 Å². The Morgan fingerprint density at radius 1 is 1.32 bits per heavy atom. The van der Waals surface area contributed by atoms with Gasteiger partial charge >= 0.3 is 0 Å². The summed E-state index contributed by atoms with van der Waals surface area (Å²) in [6.45, 7) is 4.08. The van der Waals surface area contributed by atoms with Gasteiger partial charge in [0.05, 0.1) is 0 Å². The molecule has 0 spiro atoms. The lowest BCUT2D eigenvalue weighted by Crippen LogP contribution is -2.28. The predicted octanol–water partition coefficient (Wildman–Crippen LogP) is 4.22. The Bertz CT molecular complexity index is 400. The average Bonchev–Trinajstić information content (AvgIpc) is 2.94. The van der Waals surface area contributed by atoms with E-state index in [0.717, 1.165) is 24.5 Å². The summed E-state index contributed by atoms with van der Waals surface area (Å²) in [4.78, 5) is 2.39. The Kier molecular flexibility index (Phi) is 5.53. The minimum Gasteiger partial charge on any atom is -0.372 e. The van der Waals surface area contributed by atoms with Gasteiger partial charge in [0, 0.05) is 30.3 Å². The first-order chi connectivity index (χ1) is 9.22. The minimum absolute atomic E-state index is 0.695. The largest absolute Gasteiger partial charge is 0.372 e. The molecule has 0 amide bonds. The van der Waals surface area contributed by atoms with Crippen molar-refractivity contribution in [3.8, 4) is 0 Å². The topological polar surface area (TPSA) is 15.3 Å². The molecule has 0 bridgehead atoms. The van der Waals surface area contributed by atoms with Crippen LogP contribution in [-0.2, 0) is 6.54 Å². The van der Waals surface area contributed by atoms with Crippen LogP contribution >= 0.6 is 11.6 Å². The third kappa shape index (κ3) is 3.87. The molecule has 0 radical (unpaired) electrons. The molecule has 1 aliphatic rings. The van der Waals surface area contributed by atoms with Gasteiger partial charge in [-0.3, -0.25) is 0 Å². The van der Waals surface area contributed by atoms with Crippen molar-refractivity contribution in [3.63, 3.8) is 0 Å². The molecule has 1 fully saturated rings. The molecule has 1 N–H and O–H groups in total. The summed E-state index contributed by atoms with van der Waals surface area (Å²) in [6, 6.07) is 7.17. The van der Waals surface area contributed by atoms with Crippen molar-refractivity contribution < 1.29 is 0 Å². The number of rotatable bonds is 6. The standard InChI is InChI=1S/C16H25ClN2/c1-3-10-18-12-13-8-9-15(11-16(13)17)19(2)14-6-4-5-7-14/h8-9,11,14,18H,3-7,10,12H2,1-2H3. The number of anilines is 1. The van der Waals surface area contributed by atoms with Gasteiger partial charge in [0.1, 0.15) is 0 Å². The summed E-state index contributed by atoms with van der Waals surface area (Å²) in [5.41, 5.74) is 2.44. The van der Waals surface area contributed by atoms with Crippen LogP contribution in [0.1, 0.15) is 44.6 Å². The molecular weight excluding hydrogens is 256 g/mol. The molecule has 0 aliphatic heterocycles. The molecule has 0 atom stereocenters. The van der Waals surface area contributed by atoms with E-state index in [4.69, 9.17) is 11.6 Å². The first-order valence-corrected chi connectivity index (χ1v) is 7.82. The van der Waals surface area contributed by atoms with Crippen LogP contribution in [0.3, 0.4) is 0 Å². The van der Waals surface area contributed by atoms with E-state index in [1.54, 1.807) is 0 Å². The van der Waals surface area contributed by atoms with Crippen molar-refractivity contribution in [3.05, 3.63) is 28.8 Å². The minimum atomic E-state index is 0.695. The van der Waals surface area contributed by atoms with Gasteiger partial charge in [0.25, 0.3) is 0 Å². The van der Waals surface area contributed by atoms with E-state index in [-0.39, 0.29) is 0 Å². The Labute approximate surface area is 122 Å². The molecule has 0 heterocycles. The second kappa shape index (κ2) is 7.16. The van der Waals surface area contributed by atoms with E-state index >= 15 is 0 Å². The average molecular weight is 281 g/mol. The Morgan fingerprint density at radius 3 is 2.68 bits per heavy atom. The van der Waals surface area contributed by atoms with Gasteiger partial charge in [-0.2, -0.15) is 0 Å². The molecule has 1 aliphatic carbocycles. The maximum atomic E-state index is 6.39. The molecule has 1 aromatic rings. The molecule has 106 valence electrons. The number of halogens is 1. The number of benzene rings is 1. The fourth-order valence-electron chi connectivity index (χ4n) is 2.80. The third-order valence-electron chi connectivity index (χ3n) is 4.06. The van der Waals surface area contributed by atoms with Crippen molar-refractivity contribution in [2.24, 2.45) is 0 Å². The lowest BCUT2D eigenvalue weighted by Gasteiger charge is -2.27. The lowest BCUT2D eigenvalue weighted by atomic mass is 10.1. The highest BCUT2D eigenvalue weighted by molar-refractivity contribution is 6.31. The Hall–Kier alpha value is -0.730. The van der Waals surface area contributed by atoms with Gasteiger partial charge in [0.15, 0.2) is 0 Å². The Balaban J connectivity index is 2.00. The number of nitrogens with zero attached hydrogens (tertiary/aromatic N) is 1. The normalized spacial score (nSPS) is 15.9. The summed E-state index contributed by atoms with van der Waals surface area (Å²) >= 11 is 6.39. The molecule has 1 aromatic carbocycles. The van der Waals surface area contributed by atoms with Crippen LogP contribution < -0.4 is 10.2 Å². The summed E-state index contributed by atoms with van der Waals surface area (Å²) in [5, 5.41) is 4.28. The molecule has 3 heteroatoms. The van der Waals surface area contributed by atoms with E-state index < -0.39 is 0 Å². The predicted molar refractivity (Wildman–Crippen MR) is 84.1 cm³/mol. The first-order valence-electron chi connectivity index (χ1n) is 7.44. The van der Waals surface area contributed by atoms with Gasteiger partial charge in [0.2, 0.25) is 0 Å². The highest BCUT2D eigenvalue weighted by Crippen LogP contribution is 2.29. The van der Waals surface area contributed by atoms with Crippen LogP contribution in [0.25, 0.3) is 0 Å². The molecule has 2 nitrogen and oxygen atoms in total. The zero-order chi connectivity index (χ0) is 13.7. The molecule has 0 unspecified atom stereocenters. The summed E-state index contributed by atoms with van der Waals surface area (Å²) in [6.07, 6.45) is 6.51. The van der Waals surface area contributed by atoms with E-state index in [9.17, 15) is 0 Å². The van der Waals surface area contributed by atoms with Gasteiger partial charge in [-0.05, 0) is 43.5 Å². The van der Waals surface area contributed by atoms with E-state index in [1.165, 1.54) is 36.9 Å². The van der Waals surface area contributed by atoms with Crippen LogP contribution in [0.4, 0.5) is 5.69 Å². The first kappa shape index (κ1) is 14.7. The van der Waals surface area contributed by atoms with Crippen LogP contribution in [0.5, 0.6) is 0 Å². The van der Waals surface area contributed by atoms with Gasteiger partial charge in [-0.1, -0.05) is 37.4 Å². The zero-order valence-electron chi connectivity index (χ0n) is 12.1.